The van der Waals surface area contributed by atoms with Gasteiger partial charge in [-0.2, -0.15) is 0 Å². The van der Waals surface area contributed by atoms with Gasteiger partial charge in [0.25, 0.3) is 5.56 Å². The minimum Gasteiger partial charge on any atom is -0.450 e. The van der Waals surface area contributed by atoms with Crippen LogP contribution in [0.2, 0.25) is 0 Å². The van der Waals surface area contributed by atoms with E-state index in [9.17, 15) is 14.4 Å². The zero-order valence-electron chi connectivity index (χ0n) is 14.3. The van der Waals surface area contributed by atoms with E-state index in [1.54, 1.807) is 14.0 Å². The van der Waals surface area contributed by atoms with Gasteiger partial charge in [-0.05, 0) is 29.8 Å². The predicted molar refractivity (Wildman–Crippen MR) is 100 cm³/mol. The first-order valence-corrected chi connectivity index (χ1v) is 8.97. The summed E-state index contributed by atoms with van der Waals surface area (Å²) in [6.07, 6.45) is -0.787. The van der Waals surface area contributed by atoms with Crippen molar-refractivity contribution in [2.24, 2.45) is 7.05 Å². The van der Waals surface area contributed by atoms with Crippen molar-refractivity contribution >= 4 is 45.4 Å². The van der Waals surface area contributed by atoms with Gasteiger partial charge in [0.05, 0.1) is 23.3 Å². The number of hydrogen-bond donors (Lipinski definition) is 1. The number of imide groups is 1. The largest absolute Gasteiger partial charge is 0.450 e. The molecule has 7 nitrogen and oxygen atoms in total. The minimum atomic E-state index is -0.787. The summed E-state index contributed by atoms with van der Waals surface area (Å²) >= 11 is 1.08. The predicted octanol–water partition coefficient (Wildman–Crippen LogP) is 2.45. The van der Waals surface area contributed by atoms with Gasteiger partial charge in [-0.15, -0.1) is 0 Å². The number of benzene rings is 2. The normalized spacial score (nSPS) is 10.8. The van der Waals surface area contributed by atoms with Gasteiger partial charge >= 0.3 is 6.09 Å². The molecule has 1 aromatic heterocycles. The van der Waals surface area contributed by atoms with Crippen molar-refractivity contribution in [1.29, 1.82) is 0 Å². The highest BCUT2D eigenvalue weighted by Crippen LogP contribution is 2.22. The van der Waals surface area contributed by atoms with Crippen LogP contribution in [0.15, 0.2) is 46.3 Å². The molecular formula is C18H17N3O4S. The fourth-order valence-corrected chi connectivity index (χ4v) is 3.29. The Morgan fingerprint density at radius 3 is 2.62 bits per heavy atom. The Morgan fingerprint density at radius 2 is 1.92 bits per heavy atom. The molecule has 1 heterocycles. The van der Waals surface area contributed by atoms with Crippen LogP contribution in [0, 0.1) is 0 Å². The molecule has 3 aromatic rings. The summed E-state index contributed by atoms with van der Waals surface area (Å²) in [5.74, 6) is -0.570. The number of amides is 2. The lowest BCUT2D eigenvalue weighted by atomic mass is 10.1. The number of fused-ring (bicyclic) bond motifs is 2. The third kappa shape index (κ3) is 3.70. The smallest absolute Gasteiger partial charge is 0.413 e. The number of rotatable bonds is 4. The Morgan fingerprint density at radius 1 is 1.23 bits per heavy atom. The molecule has 0 unspecified atom stereocenters. The Bertz CT molecular complexity index is 1060. The number of nitrogens with one attached hydrogen (secondary N) is 1. The van der Waals surface area contributed by atoms with Gasteiger partial charge in [0.1, 0.15) is 0 Å². The summed E-state index contributed by atoms with van der Waals surface area (Å²) in [4.78, 5) is 40.2. The fraction of sp³-hybridized carbons (Fsp3) is 0.222. The van der Waals surface area contributed by atoms with Crippen LogP contribution in [0.3, 0.4) is 0 Å². The molecule has 8 heteroatoms. The Balaban J connectivity index is 1.88. The van der Waals surface area contributed by atoms with Crippen LogP contribution in [0.5, 0.6) is 0 Å². The highest BCUT2D eigenvalue weighted by atomic mass is 32.2. The summed E-state index contributed by atoms with van der Waals surface area (Å²) < 4.78 is 6.06. The lowest BCUT2D eigenvalue weighted by Crippen LogP contribution is -2.32. The van der Waals surface area contributed by atoms with E-state index in [0.29, 0.717) is 16.1 Å². The zero-order chi connectivity index (χ0) is 18.7. The number of carbonyl (C=O) groups excluding carboxylic acids is 2. The van der Waals surface area contributed by atoms with Crippen molar-refractivity contribution in [3.63, 3.8) is 0 Å². The van der Waals surface area contributed by atoms with Crippen LogP contribution >= 0.6 is 11.8 Å². The van der Waals surface area contributed by atoms with Crippen molar-refractivity contribution < 1.29 is 14.3 Å². The number of alkyl carbamates (subject to hydrolysis) is 1. The second-order valence-electron chi connectivity index (χ2n) is 5.53. The minimum absolute atomic E-state index is 0.0574. The van der Waals surface area contributed by atoms with Crippen molar-refractivity contribution in [1.82, 2.24) is 14.9 Å². The van der Waals surface area contributed by atoms with Crippen LogP contribution < -0.4 is 10.9 Å². The number of carbonyl (C=O) groups is 2. The number of thioether (sulfide) groups is 1. The lowest BCUT2D eigenvalue weighted by molar-refractivity contribution is -0.117. The molecule has 0 bridgehead atoms. The maximum absolute atomic E-state index is 12.6. The Hall–Kier alpha value is -2.87. The van der Waals surface area contributed by atoms with E-state index in [4.69, 9.17) is 0 Å². The number of hydrogen-bond acceptors (Lipinski definition) is 6. The van der Waals surface area contributed by atoms with Gasteiger partial charge in [-0.3, -0.25) is 19.5 Å². The molecule has 0 saturated carbocycles. The van der Waals surface area contributed by atoms with E-state index in [-0.39, 0.29) is 17.9 Å². The lowest BCUT2D eigenvalue weighted by Gasteiger charge is -2.09. The van der Waals surface area contributed by atoms with E-state index in [0.717, 1.165) is 22.5 Å². The average Bonchev–Trinajstić information content (AvgIpc) is 2.62. The van der Waals surface area contributed by atoms with Crippen LogP contribution in [-0.2, 0) is 16.6 Å². The third-order valence-electron chi connectivity index (χ3n) is 3.75. The molecule has 26 heavy (non-hydrogen) atoms. The number of ether oxygens (including phenoxy) is 1. The molecule has 1 N–H and O–H groups in total. The highest BCUT2D eigenvalue weighted by Gasteiger charge is 2.13. The summed E-state index contributed by atoms with van der Waals surface area (Å²) in [5.41, 5.74) is 0.383. The quantitative estimate of drug-likeness (QED) is 0.430. The van der Waals surface area contributed by atoms with E-state index < -0.39 is 12.0 Å². The summed E-state index contributed by atoms with van der Waals surface area (Å²) in [5, 5.41) is 4.98. The number of aromatic nitrogens is 2. The second kappa shape index (κ2) is 7.57. The summed E-state index contributed by atoms with van der Waals surface area (Å²) in [7, 11) is 1.61. The number of nitrogens with zero attached hydrogens (tertiary/aromatic N) is 2. The molecule has 0 aliphatic carbocycles. The average molecular weight is 371 g/mol. The molecule has 0 aliphatic rings. The summed E-state index contributed by atoms with van der Waals surface area (Å²) in [6, 6.07) is 11.4. The van der Waals surface area contributed by atoms with Crippen LogP contribution in [-0.4, -0.2) is 33.9 Å². The molecule has 2 aromatic carbocycles. The van der Waals surface area contributed by atoms with Crippen LogP contribution in [0.25, 0.3) is 21.7 Å². The first-order chi connectivity index (χ1) is 12.5. The zero-order valence-corrected chi connectivity index (χ0v) is 15.1. The molecule has 0 fully saturated rings. The van der Waals surface area contributed by atoms with Crippen molar-refractivity contribution in [3.05, 3.63) is 46.8 Å². The van der Waals surface area contributed by atoms with Gasteiger partial charge < -0.3 is 4.74 Å². The first kappa shape index (κ1) is 17.9. The third-order valence-corrected chi connectivity index (χ3v) is 4.78. The van der Waals surface area contributed by atoms with Crippen LogP contribution in [0.1, 0.15) is 6.92 Å². The fourth-order valence-electron chi connectivity index (χ4n) is 2.51. The standard InChI is InChI=1S/C18H17N3O4S/c1-3-25-18(24)20-15(22)10-26-17-19-14-9-12-7-5-4-6-11(12)8-13(14)16(23)21(17)2/h4-9H,3,10H2,1-2H3,(H,20,22,24). The molecule has 134 valence electrons. The molecule has 0 spiro atoms. The topological polar surface area (TPSA) is 90.3 Å². The van der Waals surface area contributed by atoms with E-state index in [1.165, 1.54) is 4.57 Å². The van der Waals surface area contributed by atoms with Gasteiger partial charge in [0, 0.05) is 7.05 Å². The monoisotopic (exact) mass is 371 g/mol. The van der Waals surface area contributed by atoms with E-state index >= 15 is 0 Å². The molecule has 0 saturated heterocycles. The molecule has 0 aliphatic heterocycles. The molecule has 0 atom stereocenters. The first-order valence-electron chi connectivity index (χ1n) is 7.98. The van der Waals surface area contributed by atoms with Crippen molar-refractivity contribution in [2.75, 3.05) is 12.4 Å². The van der Waals surface area contributed by atoms with E-state index in [1.807, 2.05) is 36.4 Å². The van der Waals surface area contributed by atoms with Gasteiger partial charge in [0.2, 0.25) is 5.91 Å². The van der Waals surface area contributed by atoms with Gasteiger partial charge in [0.15, 0.2) is 5.16 Å². The molecule has 2 amide bonds. The maximum atomic E-state index is 12.6. The van der Waals surface area contributed by atoms with Crippen LogP contribution in [0.4, 0.5) is 4.79 Å². The second-order valence-corrected chi connectivity index (χ2v) is 6.47. The van der Waals surface area contributed by atoms with Crippen molar-refractivity contribution in [3.8, 4) is 0 Å². The summed E-state index contributed by atoms with van der Waals surface area (Å²) in [6.45, 7) is 1.83. The Labute approximate surface area is 153 Å². The van der Waals surface area contributed by atoms with Crippen molar-refractivity contribution in [2.45, 2.75) is 12.1 Å². The van der Waals surface area contributed by atoms with Gasteiger partial charge in [-0.25, -0.2) is 9.78 Å². The van der Waals surface area contributed by atoms with E-state index in [2.05, 4.69) is 15.0 Å². The van der Waals surface area contributed by atoms with Gasteiger partial charge in [-0.1, -0.05) is 36.0 Å². The molecular weight excluding hydrogens is 354 g/mol. The highest BCUT2D eigenvalue weighted by molar-refractivity contribution is 7.99. The molecule has 3 rings (SSSR count). The SMILES string of the molecule is CCOC(=O)NC(=O)CSc1nc2cc3ccccc3cc2c(=O)n1C. The Kier molecular flexibility index (Phi) is 5.22. The molecule has 0 radical (unpaired) electrons. The maximum Gasteiger partial charge on any atom is 0.413 e.